The minimum absolute atomic E-state index is 0.0508. The van der Waals surface area contributed by atoms with Crippen LogP contribution in [0.3, 0.4) is 0 Å². The number of hydrogen-bond acceptors (Lipinski definition) is 10. The second-order valence-electron chi connectivity index (χ2n) is 11.0. The summed E-state index contributed by atoms with van der Waals surface area (Å²) in [5.74, 6) is -0.502. The number of H-pyrrole nitrogens is 1. The number of aromatic nitrogens is 8. The third-order valence-corrected chi connectivity index (χ3v) is 10.1. The van der Waals surface area contributed by atoms with Gasteiger partial charge in [-0.05, 0) is 78.4 Å². The Balaban J connectivity index is 1.40. The van der Waals surface area contributed by atoms with Crippen molar-refractivity contribution in [3.05, 3.63) is 76.5 Å². The van der Waals surface area contributed by atoms with Crippen molar-refractivity contribution >= 4 is 32.9 Å². The lowest BCUT2D eigenvalue weighted by molar-refractivity contribution is -0.116. The number of pyridine rings is 1. The first kappa shape index (κ1) is 30.3. The molecule has 0 unspecified atom stereocenters. The molecule has 4 heterocycles. The van der Waals surface area contributed by atoms with E-state index in [0.29, 0.717) is 13.0 Å². The molecule has 2 N–H and O–H groups in total. The Morgan fingerprint density at radius 1 is 1.16 bits per heavy atom. The summed E-state index contributed by atoms with van der Waals surface area (Å²) < 4.78 is 37.0. The van der Waals surface area contributed by atoms with Crippen LogP contribution < -0.4 is 10.1 Å². The summed E-state index contributed by atoms with van der Waals surface area (Å²) in [4.78, 5) is 17.6. The van der Waals surface area contributed by atoms with Crippen LogP contribution in [0.25, 0.3) is 11.0 Å². The molecule has 6 rings (SSSR count). The van der Waals surface area contributed by atoms with Gasteiger partial charge >= 0.3 is 0 Å². The summed E-state index contributed by atoms with van der Waals surface area (Å²) >= 11 is 0. The number of carbonyl (C=O) groups excluding carboxylic acids is 1. The third kappa shape index (κ3) is 5.88. The second kappa shape index (κ2) is 12.3. The minimum atomic E-state index is -3.90. The van der Waals surface area contributed by atoms with Crippen LogP contribution in [0.4, 0.5) is 5.95 Å². The zero-order valence-electron chi connectivity index (χ0n) is 25.4. The molecule has 14 nitrogen and oxygen atoms in total. The quantitative estimate of drug-likeness (QED) is 0.245. The number of tetrazole rings is 1. The van der Waals surface area contributed by atoms with E-state index in [4.69, 9.17) is 4.74 Å². The number of aromatic amines is 1. The maximum Gasteiger partial charge on any atom is 0.269 e. The number of benzene rings is 2. The Hall–Kier alpha value is -4.76. The van der Waals surface area contributed by atoms with E-state index in [-0.39, 0.29) is 48.2 Å². The highest BCUT2D eigenvalue weighted by Gasteiger charge is 2.35. The highest BCUT2D eigenvalue weighted by Crippen LogP contribution is 2.36. The summed E-state index contributed by atoms with van der Waals surface area (Å²) in [6.07, 6.45) is 1.86. The van der Waals surface area contributed by atoms with Gasteiger partial charge in [-0.2, -0.15) is 9.52 Å². The van der Waals surface area contributed by atoms with Crippen LogP contribution in [0.5, 0.6) is 5.88 Å². The predicted octanol–water partition coefficient (Wildman–Crippen LogP) is 3.50. The average Bonchev–Trinajstić information content (AvgIpc) is 3.68. The van der Waals surface area contributed by atoms with E-state index in [9.17, 15) is 13.2 Å². The number of carbonyl (C=O) groups is 1. The summed E-state index contributed by atoms with van der Waals surface area (Å²) in [7, 11) is -3.90. The van der Waals surface area contributed by atoms with Gasteiger partial charge in [0.2, 0.25) is 21.8 Å². The molecule has 0 saturated carbocycles. The van der Waals surface area contributed by atoms with E-state index in [1.54, 1.807) is 6.07 Å². The Labute approximate surface area is 260 Å². The van der Waals surface area contributed by atoms with Gasteiger partial charge in [0, 0.05) is 31.6 Å². The number of anilines is 1. The van der Waals surface area contributed by atoms with Gasteiger partial charge in [0.15, 0.2) is 0 Å². The van der Waals surface area contributed by atoms with Gasteiger partial charge in [-0.15, -0.1) is 10.2 Å². The zero-order chi connectivity index (χ0) is 31.7. The first-order valence-corrected chi connectivity index (χ1v) is 16.2. The third-order valence-electron chi connectivity index (χ3n) is 8.26. The van der Waals surface area contributed by atoms with Gasteiger partial charge in [-0.3, -0.25) is 10.1 Å². The number of amides is 1. The molecule has 5 aromatic rings. The monoisotopic (exact) mass is 630 g/mol. The predicted molar refractivity (Wildman–Crippen MR) is 165 cm³/mol. The van der Waals surface area contributed by atoms with E-state index >= 15 is 0 Å². The average molecular weight is 631 g/mol. The SMILES string of the molecule is CC[C@@H]1CN(Cc2cc([C@H](CC(=O)Nc3nn[nH]n3)c3ccc4c(nnn4CC)c3C)ccc2C)S(=O)(=O)c2cccnc2O1. The van der Waals surface area contributed by atoms with Crippen LogP contribution in [0.15, 0.2) is 53.6 Å². The maximum atomic E-state index is 13.9. The van der Waals surface area contributed by atoms with E-state index in [2.05, 4.69) is 41.2 Å². The summed E-state index contributed by atoms with van der Waals surface area (Å²) in [6.45, 7) is 8.87. The number of fused-ring (bicyclic) bond motifs is 2. The number of nitrogens with one attached hydrogen (secondary N) is 2. The Morgan fingerprint density at radius 3 is 2.76 bits per heavy atom. The Kier molecular flexibility index (Phi) is 8.29. The molecule has 0 fully saturated rings. The molecule has 234 valence electrons. The normalized spacial score (nSPS) is 16.9. The van der Waals surface area contributed by atoms with E-state index in [0.717, 1.165) is 38.9 Å². The highest BCUT2D eigenvalue weighted by atomic mass is 32.2. The Morgan fingerprint density at radius 2 is 2.00 bits per heavy atom. The summed E-state index contributed by atoms with van der Waals surface area (Å²) in [6, 6.07) is 13.0. The minimum Gasteiger partial charge on any atom is -0.472 e. The lowest BCUT2D eigenvalue weighted by Crippen LogP contribution is -2.36. The summed E-state index contributed by atoms with van der Waals surface area (Å²) in [5.41, 5.74) is 6.08. The largest absolute Gasteiger partial charge is 0.472 e. The second-order valence-corrected chi connectivity index (χ2v) is 12.9. The molecule has 0 bridgehead atoms. The molecule has 45 heavy (non-hydrogen) atoms. The van der Waals surface area contributed by atoms with Crippen LogP contribution in [0.2, 0.25) is 0 Å². The molecule has 2 aromatic carbocycles. The number of rotatable bonds is 9. The Bertz CT molecular complexity index is 1960. The standard InChI is InChI=1S/C30H34N10O4S/c1-5-22-17-39(45(42,43)26-8-7-13-31-29(26)44-22)16-21-14-20(10-9-18(21)3)24(15-27(41)32-30-34-36-37-35-30)23-11-12-25-28(19(23)4)33-38-40(25)6-2/h7-14,22,24H,5-6,15-17H2,1-4H3,(H2,32,34,35,36,37,41)/t22-,24+/m1/s1. The van der Waals surface area contributed by atoms with E-state index < -0.39 is 15.9 Å². The van der Waals surface area contributed by atoms with Gasteiger partial charge < -0.3 is 4.74 Å². The molecule has 15 heteroatoms. The van der Waals surface area contributed by atoms with Crippen molar-refractivity contribution < 1.29 is 17.9 Å². The zero-order valence-corrected chi connectivity index (χ0v) is 26.2. The number of nitrogens with zero attached hydrogens (tertiary/aromatic N) is 8. The van der Waals surface area contributed by atoms with Gasteiger partial charge in [-0.1, -0.05) is 41.5 Å². The lowest BCUT2D eigenvalue weighted by atomic mass is 9.84. The van der Waals surface area contributed by atoms with Gasteiger partial charge in [0.05, 0.1) is 12.1 Å². The molecule has 1 aliphatic heterocycles. The van der Waals surface area contributed by atoms with Crippen molar-refractivity contribution in [2.24, 2.45) is 0 Å². The number of aryl methyl sites for hydroxylation is 3. The molecule has 0 saturated heterocycles. The number of ether oxygens (including phenoxy) is 1. The van der Waals surface area contributed by atoms with Crippen LogP contribution in [0.1, 0.15) is 60.4 Å². The maximum absolute atomic E-state index is 13.9. The molecule has 1 aliphatic rings. The fourth-order valence-corrected chi connectivity index (χ4v) is 7.25. The molecule has 3 aromatic heterocycles. The van der Waals surface area contributed by atoms with Crippen molar-refractivity contribution in [3.63, 3.8) is 0 Å². The molecular weight excluding hydrogens is 596 g/mol. The smallest absolute Gasteiger partial charge is 0.269 e. The van der Waals surface area contributed by atoms with Crippen LogP contribution in [-0.2, 0) is 27.9 Å². The summed E-state index contributed by atoms with van der Waals surface area (Å²) in [5, 5.41) is 24.9. The molecule has 2 atom stereocenters. The fourth-order valence-electron chi connectivity index (χ4n) is 5.73. The molecule has 0 radical (unpaired) electrons. The van der Waals surface area contributed by atoms with Crippen LogP contribution in [-0.4, -0.2) is 71.9 Å². The van der Waals surface area contributed by atoms with Crippen molar-refractivity contribution in [1.29, 1.82) is 0 Å². The molecular formula is C30H34N10O4S. The molecule has 0 aliphatic carbocycles. The van der Waals surface area contributed by atoms with Gasteiger partial charge in [0.1, 0.15) is 16.5 Å². The first-order valence-electron chi connectivity index (χ1n) is 14.8. The number of hydrogen-bond donors (Lipinski definition) is 2. The van der Waals surface area contributed by atoms with Gasteiger partial charge in [-0.25, -0.2) is 18.1 Å². The lowest BCUT2D eigenvalue weighted by Gasteiger charge is -2.25. The van der Waals surface area contributed by atoms with Crippen molar-refractivity contribution in [1.82, 2.24) is 44.9 Å². The van der Waals surface area contributed by atoms with Crippen molar-refractivity contribution in [2.75, 3.05) is 11.9 Å². The highest BCUT2D eigenvalue weighted by molar-refractivity contribution is 7.89. The van der Waals surface area contributed by atoms with Crippen molar-refractivity contribution in [3.8, 4) is 5.88 Å². The van der Waals surface area contributed by atoms with Crippen LogP contribution >= 0.6 is 0 Å². The number of sulfonamides is 1. The fraction of sp³-hybridized carbons (Fsp3) is 0.367. The van der Waals surface area contributed by atoms with Gasteiger partial charge in [0.25, 0.3) is 5.95 Å². The van der Waals surface area contributed by atoms with E-state index in [1.807, 2.05) is 62.7 Å². The molecule has 0 spiro atoms. The van der Waals surface area contributed by atoms with Crippen LogP contribution in [0, 0.1) is 13.8 Å². The first-order chi connectivity index (χ1) is 21.7. The van der Waals surface area contributed by atoms with E-state index in [1.165, 1.54) is 16.6 Å². The van der Waals surface area contributed by atoms with Crippen molar-refractivity contribution in [2.45, 2.75) is 70.5 Å². The topological polar surface area (TPSA) is 174 Å². The molecule has 1 amide bonds.